The van der Waals surface area contributed by atoms with Crippen LogP contribution in [0.15, 0.2) is 65.6 Å². The van der Waals surface area contributed by atoms with Crippen molar-refractivity contribution >= 4 is 27.3 Å². The number of nitrogens with one attached hydrogen (secondary N) is 2. The quantitative estimate of drug-likeness (QED) is 0.249. The van der Waals surface area contributed by atoms with Gasteiger partial charge in [-0.15, -0.1) is 13.2 Å². The van der Waals surface area contributed by atoms with E-state index in [-0.39, 0.29) is 53.1 Å². The van der Waals surface area contributed by atoms with Crippen molar-refractivity contribution < 1.29 is 40.8 Å². The van der Waals surface area contributed by atoms with E-state index < -0.39 is 21.3 Å². The van der Waals surface area contributed by atoms with Gasteiger partial charge in [-0.2, -0.15) is 0 Å². The second-order valence-corrected chi connectivity index (χ2v) is 9.97. The van der Waals surface area contributed by atoms with E-state index in [2.05, 4.69) is 14.8 Å². The molecular formula is C25H24F3N3O7S. The van der Waals surface area contributed by atoms with Gasteiger partial charge in [-0.25, -0.2) is 8.42 Å². The second-order valence-electron chi connectivity index (χ2n) is 8.32. The van der Waals surface area contributed by atoms with E-state index in [1.54, 1.807) is 0 Å². The van der Waals surface area contributed by atoms with Crippen LogP contribution in [0, 0.1) is 17.0 Å². The Balaban J connectivity index is 1.60. The Morgan fingerprint density at radius 3 is 2.28 bits per heavy atom. The highest BCUT2D eigenvalue weighted by molar-refractivity contribution is 7.92. The van der Waals surface area contributed by atoms with Crippen molar-refractivity contribution in [3.05, 3.63) is 87.5 Å². The topological polar surface area (TPSA) is 137 Å². The lowest BCUT2D eigenvalue weighted by Gasteiger charge is -2.14. The van der Waals surface area contributed by atoms with Crippen LogP contribution in [-0.2, 0) is 27.8 Å². The molecule has 0 unspecified atom stereocenters. The van der Waals surface area contributed by atoms with Gasteiger partial charge >= 0.3 is 6.36 Å². The summed E-state index contributed by atoms with van der Waals surface area (Å²) in [6.07, 6.45) is -4.47. The van der Waals surface area contributed by atoms with E-state index in [1.165, 1.54) is 62.6 Å². The van der Waals surface area contributed by atoms with Crippen LogP contribution in [0.1, 0.15) is 23.1 Å². The number of anilines is 1. The van der Waals surface area contributed by atoms with E-state index in [0.29, 0.717) is 16.7 Å². The van der Waals surface area contributed by atoms with Gasteiger partial charge in [-0.05, 0) is 60.4 Å². The molecule has 0 aromatic heterocycles. The molecule has 0 saturated heterocycles. The number of carbonyl (C=O) groups excluding carboxylic acids is 1. The number of carbonyl (C=O) groups is 1. The fourth-order valence-electron chi connectivity index (χ4n) is 3.52. The molecule has 2 N–H and O–H groups in total. The molecule has 0 aliphatic rings. The summed E-state index contributed by atoms with van der Waals surface area (Å²) in [5.41, 5.74) is 1.56. The molecule has 3 aromatic rings. The summed E-state index contributed by atoms with van der Waals surface area (Å²) in [5.74, 6) is -0.646. The summed E-state index contributed by atoms with van der Waals surface area (Å²) in [6, 6.07) is 13.2. The largest absolute Gasteiger partial charge is 0.573 e. The zero-order chi connectivity index (χ0) is 28.8. The normalized spacial score (nSPS) is 11.5. The lowest BCUT2D eigenvalue weighted by molar-refractivity contribution is -0.384. The van der Waals surface area contributed by atoms with Gasteiger partial charge in [0.1, 0.15) is 16.4 Å². The molecule has 0 spiro atoms. The molecule has 1 amide bonds. The minimum Gasteiger partial charge on any atom is -0.495 e. The molecule has 14 heteroatoms. The van der Waals surface area contributed by atoms with Gasteiger partial charge in [0.05, 0.1) is 17.7 Å². The molecular weight excluding hydrogens is 543 g/mol. The van der Waals surface area contributed by atoms with Crippen LogP contribution in [0.5, 0.6) is 11.5 Å². The van der Waals surface area contributed by atoms with Crippen molar-refractivity contribution in [3.8, 4) is 11.5 Å². The number of rotatable bonds is 11. The van der Waals surface area contributed by atoms with E-state index >= 15 is 0 Å². The van der Waals surface area contributed by atoms with Crippen molar-refractivity contribution in [2.24, 2.45) is 0 Å². The number of aryl methyl sites for hydroxylation is 2. The highest BCUT2D eigenvalue weighted by atomic mass is 32.2. The third-order valence-corrected chi connectivity index (χ3v) is 6.87. The molecule has 0 radical (unpaired) electrons. The molecule has 39 heavy (non-hydrogen) atoms. The second kappa shape index (κ2) is 12.0. The van der Waals surface area contributed by atoms with E-state index in [1.807, 2.05) is 0 Å². The summed E-state index contributed by atoms with van der Waals surface area (Å²) in [5, 5.41) is 13.6. The molecule has 0 atom stereocenters. The highest BCUT2D eigenvalue weighted by Crippen LogP contribution is 2.29. The van der Waals surface area contributed by atoms with Crippen LogP contribution in [0.2, 0.25) is 0 Å². The third kappa shape index (κ3) is 8.33. The molecule has 0 fully saturated rings. The van der Waals surface area contributed by atoms with E-state index in [4.69, 9.17) is 4.74 Å². The first-order chi connectivity index (χ1) is 18.3. The first-order valence-corrected chi connectivity index (χ1v) is 12.8. The number of alkyl halides is 3. The third-order valence-electron chi connectivity index (χ3n) is 5.47. The number of benzene rings is 3. The summed E-state index contributed by atoms with van der Waals surface area (Å²) >= 11 is 0. The number of nitrogens with zero attached hydrogens (tertiary/aromatic N) is 1. The summed E-state index contributed by atoms with van der Waals surface area (Å²) in [6.45, 7) is 1.63. The fourth-order valence-corrected chi connectivity index (χ4v) is 4.80. The minimum atomic E-state index is -4.79. The summed E-state index contributed by atoms with van der Waals surface area (Å²) in [4.78, 5) is 22.4. The number of sulfonamides is 1. The van der Waals surface area contributed by atoms with Crippen molar-refractivity contribution in [1.29, 1.82) is 0 Å². The number of nitro groups is 1. The predicted octanol–water partition coefficient (Wildman–Crippen LogP) is 4.86. The van der Waals surface area contributed by atoms with Crippen molar-refractivity contribution in [3.63, 3.8) is 0 Å². The number of ether oxygens (including phenoxy) is 2. The zero-order valence-corrected chi connectivity index (χ0v) is 21.6. The molecule has 3 rings (SSSR count). The number of amides is 1. The Morgan fingerprint density at radius 1 is 1.03 bits per heavy atom. The van der Waals surface area contributed by atoms with Crippen LogP contribution in [0.4, 0.5) is 24.5 Å². The molecule has 0 bridgehead atoms. The Labute approximate surface area is 221 Å². The first-order valence-electron chi connectivity index (χ1n) is 11.3. The molecule has 208 valence electrons. The SMILES string of the molecule is COc1cc(CCC(=O)NCc2ccc(OC(F)(F)F)cc2)ccc1S(=O)(=O)Nc1ccc([N+](=O)[O-])cc1C. The zero-order valence-electron chi connectivity index (χ0n) is 20.7. The number of hydrogen-bond acceptors (Lipinski definition) is 7. The number of methoxy groups -OCH3 is 1. The van der Waals surface area contributed by atoms with Crippen LogP contribution in [-0.4, -0.2) is 32.7 Å². The Hall–Kier alpha value is -4.33. The maximum absolute atomic E-state index is 13.0. The smallest absolute Gasteiger partial charge is 0.495 e. The van der Waals surface area contributed by atoms with Crippen LogP contribution in [0.25, 0.3) is 0 Å². The van der Waals surface area contributed by atoms with Gasteiger partial charge in [0.2, 0.25) is 5.91 Å². The molecule has 0 saturated carbocycles. The summed E-state index contributed by atoms with van der Waals surface area (Å²) < 4.78 is 74.2. The van der Waals surface area contributed by atoms with Gasteiger partial charge in [0.15, 0.2) is 0 Å². The first kappa shape index (κ1) is 29.2. The molecule has 3 aromatic carbocycles. The maximum atomic E-state index is 13.0. The van der Waals surface area contributed by atoms with Gasteiger partial charge < -0.3 is 14.8 Å². The van der Waals surface area contributed by atoms with Crippen LogP contribution < -0.4 is 19.5 Å². The lowest BCUT2D eigenvalue weighted by atomic mass is 10.1. The monoisotopic (exact) mass is 567 g/mol. The van der Waals surface area contributed by atoms with Gasteiger partial charge in [0, 0.05) is 25.1 Å². The number of hydrogen-bond donors (Lipinski definition) is 2. The van der Waals surface area contributed by atoms with E-state index in [0.717, 1.165) is 12.1 Å². The summed E-state index contributed by atoms with van der Waals surface area (Å²) in [7, 11) is -2.81. The van der Waals surface area contributed by atoms with Crippen LogP contribution >= 0.6 is 0 Å². The Morgan fingerprint density at radius 2 is 1.69 bits per heavy atom. The molecule has 0 heterocycles. The Bertz CT molecular complexity index is 1460. The van der Waals surface area contributed by atoms with Crippen LogP contribution in [0.3, 0.4) is 0 Å². The average molecular weight is 568 g/mol. The fraction of sp³-hybridized carbons (Fsp3) is 0.240. The highest BCUT2D eigenvalue weighted by Gasteiger charge is 2.31. The molecule has 0 aliphatic heterocycles. The minimum absolute atomic E-state index is 0.0427. The molecule has 10 nitrogen and oxygen atoms in total. The van der Waals surface area contributed by atoms with E-state index in [9.17, 15) is 36.5 Å². The van der Waals surface area contributed by atoms with Crippen molar-refractivity contribution in [2.75, 3.05) is 11.8 Å². The maximum Gasteiger partial charge on any atom is 0.573 e. The predicted molar refractivity (Wildman–Crippen MR) is 135 cm³/mol. The lowest BCUT2D eigenvalue weighted by Crippen LogP contribution is -2.23. The molecule has 0 aliphatic carbocycles. The van der Waals surface area contributed by atoms with Gasteiger partial charge in [-0.3, -0.25) is 19.6 Å². The Kier molecular flexibility index (Phi) is 9.01. The number of halogens is 3. The number of nitro benzene ring substituents is 1. The standard InChI is InChI=1S/C25H24F3N3O7S/c1-16-13-19(31(33)34)7-10-21(16)30-39(35,36)23-11-5-17(14-22(23)37-2)6-12-24(32)29-15-18-3-8-20(9-4-18)38-25(26,27)28/h3-5,7-11,13-14,30H,6,12,15H2,1-2H3,(H,29,32). The van der Waals surface area contributed by atoms with Crippen molar-refractivity contribution in [2.45, 2.75) is 37.6 Å². The number of non-ortho nitro benzene ring substituents is 1. The van der Waals surface area contributed by atoms with Gasteiger partial charge in [0.25, 0.3) is 15.7 Å². The van der Waals surface area contributed by atoms with Crippen molar-refractivity contribution in [1.82, 2.24) is 5.32 Å². The van der Waals surface area contributed by atoms with Gasteiger partial charge in [-0.1, -0.05) is 18.2 Å². The average Bonchev–Trinajstić information content (AvgIpc) is 2.86.